The lowest BCUT2D eigenvalue weighted by Gasteiger charge is -2.32. The Hall–Kier alpha value is -3.29. The Morgan fingerprint density at radius 1 is 1.26 bits per heavy atom. The lowest BCUT2D eigenvalue weighted by Crippen LogP contribution is -2.39. The molecule has 8 heteroatoms. The van der Waals surface area contributed by atoms with Crippen LogP contribution in [0.2, 0.25) is 0 Å². The van der Waals surface area contributed by atoms with Crippen LogP contribution in [0, 0.1) is 0 Å². The van der Waals surface area contributed by atoms with Gasteiger partial charge in [-0.15, -0.1) is 0 Å². The van der Waals surface area contributed by atoms with Crippen LogP contribution in [-0.4, -0.2) is 56.1 Å². The standard InChI is InChI=1S/C23H29N7O/c1-23(2,3)19-11-18(28-29-19)22(31)30-10-6-8-16(14-30)17-12-20(24-4)27-21(26-17)15-7-5-9-25-13-15/h5,7,9,11-13,16H,6,8,10,14H2,1-4H3,(H,28,29)(H,24,26,27). The van der Waals surface area contributed by atoms with Crippen LogP contribution < -0.4 is 5.32 Å². The van der Waals surface area contributed by atoms with Gasteiger partial charge in [-0.05, 0) is 31.0 Å². The highest BCUT2D eigenvalue weighted by atomic mass is 16.2. The Labute approximate surface area is 182 Å². The molecule has 0 bridgehead atoms. The van der Waals surface area contributed by atoms with Crippen molar-refractivity contribution in [1.82, 2.24) is 30.0 Å². The number of pyridine rings is 1. The third kappa shape index (κ3) is 4.57. The Morgan fingerprint density at radius 3 is 2.77 bits per heavy atom. The first-order chi connectivity index (χ1) is 14.8. The number of anilines is 1. The van der Waals surface area contributed by atoms with Crippen molar-refractivity contribution < 1.29 is 4.79 Å². The highest BCUT2D eigenvalue weighted by molar-refractivity contribution is 5.92. The fraction of sp³-hybridized carbons (Fsp3) is 0.435. The molecule has 1 aliphatic heterocycles. The average molecular weight is 420 g/mol. The first kappa shape index (κ1) is 21.0. The fourth-order valence-corrected chi connectivity index (χ4v) is 3.81. The molecule has 1 atom stereocenters. The Bertz CT molecular complexity index is 1060. The molecule has 8 nitrogen and oxygen atoms in total. The number of aromatic nitrogens is 5. The van der Waals surface area contributed by atoms with E-state index in [1.807, 2.05) is 36.2 Å². The van der Waals surface area contributed by atoms with Gasteiger partial charge in [0, 0.05) is 61.2 Å². The Morgan fingerprint density at radius 2 is 2.10 bits per heavy atom. The first-order valence-electron chi connectivity index (χ1n) is 10.7. The summed E-state index contributed by atoms with van der Waals surface area (Å²) < 4.78 is 0. The fourth-order valence-electron chi connectivity index (χ4n) is 3.81. The molecule has 0 aliphatic carbocycles. The number of likely N-dealkylation sites (tertiary alicyclic amines) is 1. The zero-order valence-electron chi connectivity index (χ0n) is 18.5. The van der Waals surface area contributed by atoms with E-state index in [1.165, 1.54) is 0 Å². The van der Waals surface area contributed by atoms with Crippen LogP contribution in [0.5, 0.6) is 0 Å². The molecule has 1 fully saturated rings. The number of carbonyl (C=O) groups excluding carboxylic acids is 1. The summed E-state index contributed by atoms with van der Waals surface area (Å²) in [6.07, 6.45) is 5.40. The molecule has 3 aromatic rings. The minimum absolute atomic E-state index is 0.0353. The quantitative estimate of drug-likeness (QED) is 0.670. The van der Waals surface area contributed by atoms with Gasteiger partial charge in [0.15, 0.2) is 5.82 Å². The minimum atomic E-state index is -0.0802. The van der Waals surface area contributed by atoms with Crippen molar-refractivity contribution in [2.24, 2.45) is 0 Å². The largest absolute Gasteiger partial charge is 0.373 e. The van der Waals surface area contributed by atoms with Gasteiger partial charge in [0.2, 0.25) is 0 Å². The predicted molar refractivity (Wildman–Crippen MR) is 120 cm³/mol. The van der Waals surface area contributed by atoms with Crippen LogP contribution in [0.3, 0.4) is 0 Å². The maximum Gasteiger partial charge on any atom is 0.274 e. The maximum absolute atomic E-state index is 13.1. The number of H-pyrrole nitrogens is 1. The molecule has 0 aromatic carbocycles. The number of piperidine rings is 1. The van der Waals surface area contributed by atoms with E-state index in [0.717, 1.165) is 42.2 Å². The zero-order chi connectivity index (χ0) is 22.0. The molecule has 31 heavy (non-hydrogen) atoms. The molecule has 1 amide bonds. The van der Waals surface area contributed by atoms with Gasteiger partial charge >= 0.3 is 0 Å². The number of rotatable bonds is 4. The van der Waals surface area contributed by atoms with E-state index in [9.17, 15) is 4.79 Å². The summed E-state index contributed by atoms with van der Waals surface area (Å²) in [5.41, 5.74) is 3.16. The van der Waals surface area contributed by atoms with Crippen LogP contribution in [0.1, 0.15) is 61.4 Å². The third-order valence-corrected chi connectivity index (χ3v) is 5.65. The number of hydrogen-bond donors (Lipinski definition) is 2. The second kappa shape index (κ2) is 8.45. The van der Waals surface area contributed by atoms with Gasteiger partial charge in [0.1, 0.15) is 11.5 Å². The monoisotopic (exact) mass is 419 g/mol. The highest BCUT2D eigenvalue weighted by Gasteiger charge is 2.29. The van der Waals surface area contributed by atoms with Crippen molar-refractivity contribution in [3.63, 3.8) is 0 Å². The van der Waals surface area contributed by atoms with Crippen molar-refractivity contribution in [2.45, 2.75) is 44.9 Å². The van der Waals surface area contributed by atoms with E-state index in [4.69, 9.17) is 4.98 Å². The van der Waals surface area contributed by atoms with E-state index >= 15 is 0 Å². The Balaban J connectivity index is 1.57. The summed E-state index contributed by atoms with van der Waals surface area (Å²) in [6.45, 7) is 7.63. The van der Waals surface area contributed by atoms with Crippen molar-refractivity contribution >= 4 is 11.7 Å². The molecule has 3 aromatic heterocycles. The van der Waals surface area contributed by atoms with E-state index < -0.39 is 0 Å². The predicted octanol–water partition coefficient (Wildman–Crippen LogP) is 3.62. The highest BCUT2D eigenvalue weighted by Crippen LogP contribution is 2.30. The lowest BCUT2D eigenvalue weighted by atomic mass is 9.92. The molecule has 0 spiro atoms. The van der Waals surface area contributed by atoms with Crippen molar-refractivity contribution in [1.29, 1.82) is 0 Å². The van der Waals surface area contributed by atoms with Crippen LogP contribution in [-0.2, 0) is 5.41 Å². The normalized spacial score (nSPS) is 16.9. The number of nitrogens with one attached hydrogen (secondary N) is 2. The molecule has 2 N–H and O–H groups in total. The van der Waals surface area contributed by atoms with E-state index in [1.54, 1.807) is 12.4 Å². The summed E-state index contributed by atoms with van der Waals surface area (Å²) >= 11 is 0. The molecule has 0 saturated carbocycles. The lowest BCUT2D eigenvalue weighted by molar-refractivity contribution is 0.0700. The molecule has 4 heterocycles. The van der Waals surface area contributed by atoms with Gasteiger partial charge in [-0.25, -0.2) is 9.97 Å². The number of amides is 1. The second-order valence-electron chi connectivity index (χ2n) is 9.00. The molecular weight excluding hydrogens is 390 g/mol. The third-order valence-electron chi connectivity index (χ3n) is 5.65. The molecular formula is C23H29N7O. The van der Waals surface area contributed by atoms with Crippen LogP contribution in [0.25, 0.3) is 11.4 Å². The summed E-state index contributed by atoms with van der Waals surface area (Å²) in [7, 11) is 1.85. The van der Waals surface area contributed by atoms with Crippen LogP contribution in [0.4, 0.5) is 5.82 Å². The summed E-state index contributed by atoms with van der Waals surface area (Å²) in [6, 6.07) is 7.68. The van der Waals surface area contributed by atoms with E-state index in [-0.39, 0.29) is 17.2 Å². The van der Waals surface area contributed by atoms with Gasteiger partial charge in [0.05, 0.1) is 5.69 Å². The molecule has 1 unspecified atom stereocenters. The second-order valence-corrected chi connectivity index (χ2v) is 9.00. The smallest absolute Gasteiger partial charge is 0.274 e. The van der Waals surface area contributed by atoms with Gasteiger partial charge in [-0.3, -0.25) is 14.9 Å². The average Bonchev–Trinajstić information content (AvgIpc) is 3.30. The minimum Gasteiger partial charge on any atom is -0.373 e. The van der Waals surface area contributed by atoms with Crippen molar-refractivity contribution in [3.05, 3.63) is 53.7 Å². The van der Waals surface area contributed by atoms with Gasteiger partial charge < -0.3 is 10.2 Å². The maximum atomic E-state index is 13.1. The number of nitrogens with zero attached hydrogens (tertiary/aromatic N) is 5. The zero-order valence-corrected chi connectivity index (χ0v) is 18.5. The topological polar surface area (TPSA) is 99.7 Å². The van der Waals surface area contributed by atoms with Crippen molar-refractivity contribution in [3.8, 4) is 11.4 Å². The number of carbonyl (C=O) groups is 1. The van der Waals surface area contributed by atoms with Crippen molar-refractivity contribution in [2.75, 3.05) is 25.5 Å². The molecule has 1 aliphatic rings. The Kier molecular flexibility index (Phi) is 5.71. The number of hydrogen-bond acceptors (Lipinski definition) is 6. The van der Waals surface area contributed by atoms with E-state index in [0.29, 0.717) is 18.1 Å². The van der Waals surface area contributed by atoms with Crippen LogP contribution in [0.15, 0.2) is 36.7 Å². The van der Waals surface area contributed by atoms with Gasteiger partial charge in [-0.2, -0.15) is 5.10 Å². The number of aromatic amines is 1. The first-order valence-corrected chi connectivity index (χ1v) is 10.7. The summed E-state index contributed by atoms with van der Waals surface area (Å²) in [5.74, 6) is 1.51. The van der Waals surface area contributed by atoms with Gasteiger partial charge in [0.25, 0.3) is 5.91 Å². The molecule has 1 saturated heterocycles. The SMILES string of the molecule is CNc1cc(C2CCCN(C(=O)c3cc(C(C)(C)C)[nH]n3)C2)nc(-c2cccnc2)n1. The van der Waals surface area contributed by atoms with Gasteiger partial charge in [-0.1, -0.05) is 20.8 Å². The summed E-state index contributed by atoms with van der Waals surface area (Å²) in [4.78, 5) is 28.6. The molecule has 0 radical (unpaired) electrons. The summed E-state index contributed by atoms with van der Waals surface area (Å²) in [5, 5.41) is 10.4. The van der Waals surface area contributed by atoms with Crippen LogP contribution >= 0.6 is 0 Å². The van der Waals surface area contributed by atoms with E-state index in [2.05, 4.69) is 46.3 Å². The molecule has 4 rings (SSSR count). The molecule has 162 valence electrons.